The van der Waals surface area contributed by atoms with E-state index in [0.29, 0.717) is 0 Å². The minimum Gasteiger partial charge on any atom is -0.393 e. The second-order valence-electron chi connectivity index (χ2n) is 3.69. The zero-order chi connectivity index (χ0) is 10.1. The summed E-state index contributed by atoms with van der Waals surface area (Å²) in [5.41, 5.74) is 0. The monoisotopic (exact) mass is 214 g/mol. The first-order valence-corrected chi connectivity index (χ1v) is 5.81. The molecule has 0 spiro atoms. The van der Waals surface area contributed by atoms with Crippen LogP contribution < -0.4 is 0 Å². The number of esters is 2. The molecule has 3 aliphatic heterocycles. The molecule has 4 atom stereocenters. The highest BCUT2D eigenvalue weighted by molar-refractivity contribution is 7.93. The summed E-state index contributed by atoms with van der Waals surface area (Å²) in [5.74, 6) is -2.97. The van der Waals surface area contributed by atoms with Gasteiger partial charge < -0.3 is 4.74 Å². The fourth-order valence-electron chi connectivity index (χ4n) is 2.47. The van der Waals surface area contributed by atoms with Crippen LogP contribution in [0.3, 0.4) is 0 Å². The van der Waals surface area contributed by atoms with Gasteiger partial charge in [0.15, 0.2) is 9.84 Å². The Morgan fingerprint density at radius 3 is 1.86 bits per heavy atom. The first-order valence-electron chi connectivity index (χ1n) is 4.20. The predicted octanol–water partition coefficient (Wildman–Crippen LogP) is -0.962. The number of carbonyl (C=O) groups is 2. The van der Waals surface area contributed by atoms with Crippen LogP contribution in [-0.4, -0.2) is 30.9 Å². The lowest BCUT2D eigenvalue weighted by Gasteiger charge is -2.08. The average Bonchev–Trinajstić information content (AvgIpc) is 2.63. The third-order valence-corrected chi connectivity index (χ3v) is 5.51. The molecule has 0 amide bonds. The van der Waals surface area contributed by atoms with Gasteiger partial charge in [0.05, 0.1) is 22.3 Å². The summed E-state index contributed by atoms with van der Waals surface area (Å²) in [5, 5.41) is -1.67. The Hall–Kier alpha value is -1.17. The Kier molecular flexibility index (Phi) is 1.21. The van der Waals surface area contributed by atoms with E-state index < -0.39 is 44.1 Å². The lowest BCUT2D eigenvalue weighted by Crippen LogP contribution is -2.26. The van der Waals surface area contributed by atoms with Gasteiger partial charge in [0.2, 0.25) is 0 Å². The molecule has 3 heterocycles. The van der Waals surface area contributed by atoms with Crippen molar-refractivity contribution in [3.05, 3.63) is 12.2 Å². The van der Waals surface area contributed by atoms with E-state index in [9.17, 15) is 18.0 Å². The van der Waals surface area contributed by atoms with E-state index in [1.54, 1.807) is 0 Å². The van der Waals surface area contributed by atoms with Crippen LogP contribution in [0.5, 0.6) is 0 Å². The van der Waals surface area contributed by atoms with Gasteiger partial charge in [-0.2, -0.15) is 0 Å². The minimum atomic E-state index is -3.35. The van der Waals surface area contributed by atoms with Crippen molar-refractivity contribution in [1.29, 1.82) is 0 Å². The second kappa shape index (κ2) is 2.08. The number of hydrogen-bond acceptors (Lipinski definition) is 5. The number of rotatable bonds is 0. The van der Waals surface area contributed by atoms with Crippen molar-refractivity contribution in [3.8, 4) is 0 Å². The van der Waals surface area contributed by atoms with Gasteiger partial charge in [0.1, 0.15) is 0 Å². The third-order valence-electron chi connectivity index (χ3n) is 3.09. The molecule has 0 radical (unpaired) electrons. The van der Waals surface area contributed by atoms with Crippen LogP contribution in [0.4, 0.5) is 0 Å². The lowest BCUT2D eigenvalue weighted by atomic mass is 9.85. The molecule has 5 nitrogen and oxygen atoms in total. The standard InChI is InChI=1S/C8H6O5S/c9-7-5-3-1-2-4(14(3,11)12)6(5)8(10)13-7/h1-6H. The van der Waals surface area contributed by atoms with Gasteiger partial charge in [0, 0.05) is 0 Å². The van der Waals surface area contributed by atoms with Crippen LogP contribution in [0.2, 0.25) is 0 Å². The maximum absolute atomic E-state index is 11.6. The Morgan fingerprint density at radius 2 is 1.43 bits per heavy atom. The smallest absolute Gasteiger partial charge is 0.319 e. The molecule has 0 aromatic rings. The Bertz CT molecular complexity index is 438. The number of cyclic esters (lactones) is 2. The van der Waals surface area contributed by atoms with Gasteiger partial charge >= 0.3 is 11.9 Å². The van der Waals surface area contributed by atoms with E-state index in [1.807, 2.05) is 0 Å². The highest BCUT2D eigenvalue weighted by atomic mass is 32.2. The number of carbonyl (C=O) groups excluding carboxylic acids is 2. The van der Waals surface area contributed by atoms with Crippen molar-refractivity contribution in [2.45, 2.75) is 10.5 Å². The first kappa shape index (κ1) is 8.16. The zero-order valence-electron chi connectivity index (χ0n) is 6.91. The molecule has 2 fully saturated rings. The topological polar surface area (TPSA) is 77.5 Å². The van der Waals surface area contributed by atoms with Crippen molar-refractivity contribution in [2.75, 3.05) is 0 Å². The third kappa shape index (κ3) is 0.660. The molecule has 4 unspecified atom stereocenters. The van der Waals surface area contributed by atoms with Crippen LogP contribution in [0, 0.1) is 11.8 Å². The van der Waals surface area contributed by atoms with Gasteiger partial charge in [-0.3, -0.25) is 9.59 Å². The van der Waals surface area contributed by atoms with Crippen molar-refractivity contribution < 1.29 is 22.7 Å². The largest absolute Gasteiger partial charge is 0.393 e. The van der Waals surface area contributed by atoms with Gasteiger partial charge in [-0.25, -0.2) is 8.42 Å². The molecule has 0 saturated carbocycles. The van der Waals surface area contributed by atoms with Crippen molar-refractivity contribution >= 4 is 21.8 Å². The molecule has 3 rings (SSSR count). The van der Waals surface area contributed by atoms with Gasteiger partial charge in [0.25, 0.3) is 0 Å². The minimum absolute atomic E-state index is 0.694. The predicted molar refractivity (Wildman–Crippen MR) is 43.7 cm³/mol. The van der Waals surface area contributed by atoms with Gasteiger partial charge in [-0.05, 0) is 0 Å². The first-order chi connectivity index (χ1) is 6.53. The summed E-state index contributed by atoms with van der Waals surface area (Å²) < 4.78 is 27.7. The molecule has 14 heavy (non-hydrogen) atoms. The fourth-order valence-corrected chi connectivity index (χ4v) is 4.83. The normalized spacial score (nSPS) is 46.9. The van der Waals surface area contributed by atoms with Crippen LogP contribution in [0.25, 0.3) is 0 Å². The number of fused-ring (bicyclic) bond motifs is 5. The molecular formula is C8H6O5S. The number of ether oxygens (including phenoxy) is 1. The molecule has 6 heteroatoms. The summed E-state index contributed by atoms with van der Waals surface area (Å²) in [7, 11) is -3.35. The Balaban J connectivity index is 2.22. The van der Waals surface area contributed by atoms with E-state index in [2.05, 4.69) is 4.74 Å². The summed E-state index contributed by atoms with van der Waals surface area (Å²) in [6.07, 6.45) is 2.97. The summed E-state index contributed by atoms with van der Waals surface area (Å²) in [6.45, 7) is 0. The quantitative estimate of drug-likeness (QED) is 0.295. The van der Waals surface area contributed by atoms with Crippen molar-refractivity contribution in [2.24, 2.45) is 11.8 Å². The van der Waals surface area contributed by atoms with E-state index in [1.165, 1.54) is 12.2 Å². The second-order valence-corrected chi connectivity index (χ2v) is 5.96. The maximum Gasteiger partial charge on any atom is 0.319 e. The zero-order valence-corrected chi connectivity index (χ0v) is 7.73. The van der Waals surface area contributed by atoms with E-state index in [4.69, 9.17) is 0 Å². The number of sulfone groups is 1. The molecule has 3 aliphatic rings. The fraction of sp³-hybridized carbons (Fsp3) is 0.500. The summed E-state index contributed by atoms with van der Waals surface area (Å²) in [4.78, 5) is 22.4. The van der Waals surface area contributed by atoms with Crippen LogP contribution >= 0.6 is 0 Å². The van der Waals surface area contributed by atoms with E-state index >= 15 is 0 Å². The highest BCUT2D eigenvalue weighted by Gasteiger charge is 2.66. The van der Waals surface area contributed by atoms with E-state index in [-0.39, 0.29) is 0 Å². The maximum atomic E-state index is 11.6. The Labute approximate surface area is 79.6 Å². The molecular weight excluding hydrogens is 208 g/mol. The Morgan fingerprint density at radius 1 is 1.00 bits per heavy atom. The van der Waals surface area contributed by atoms with E-state index in [0.717, 1.165) is 0 Å². The summed E-state index contributed by atoms with van der Waals surface area (Å²) in [6, 6.07) is 0. The molecule has 0 N–H and O–H groups in total. The highest BCUT2D eigenvalue weighted by Crippen LogP contribution is 2.48. The molecule has 74 valence electrons. The van der Waals surface area contributed by atoms with Crippen LogP contribution in [-0.2, 0) is 24.2 Å². The molecule has 2 saturated heterocycles. The van der Waals surface area contributed by atoms with Crippen LogP contribution in [0.1, 0.15) is 0 Å². The average molecular weight is 214 g/mol. The van der Waals surface area contributed by atoms with Crippen molar-refractivity contribution in [3.63, 3.8) is 0 Å². The van der Waals surface area contributed by atoms with Crippen LogP contribution in [0.15, 0.2) is 12.2 Å². The van der Waals surface area contributed by atoms with Gasteiger partial charge in [-0.15, -0.1) is 0 Å². The SMILES string of the molecule is O=C1OC(=O)C2C1C1C=CC2S1(=O)=O. The number of hydrogen-bond donors (Lipinski definition) is 0. The lowest BCUT2D eigenvalue weighted by molar-refractivity contribution is -0.153. The van der Waals surface area contributed by atoms with Crippen molar-refractivity contribution in [1.82, 2.24) is 0 Å². The molecule has 0 aromatic heterocycles. The molecule has 0 aliphatic carbocycles. The molecule has 0 aromatic carbocycles. The summed E-state index contributed by atoms with van der Waals surface area (Å²) >= 11 is 0. The molecule has 2 bridgehead atoms. The van der Waals surface area contributed by atoms with Gasteiger partial charge in [-0.1, -0.05) is 12.2 Å².